The lowest BCUT2D eigenvalue weighted by molar-refractivity contribution is 0.0707. The van der Waals surface area contributed by atoms with Gasteiger partial charge in [0.1, 0.15) is 17.4 Å². The number of thiazole rings is 1. The first-order valence-electron chi connectivity index (χ1n) is 7.87. The molecule has 0 bridgehead atoms. The van der Waals surface area contributed by atoms with Gasteiger partial charge in [0.2, 0.25) is 0 Å². The van der Waals surface area contributed by atoms with Crippen LogP contribution in [-0.4, -0.2) is 21.8 Å². The van der Waals surface area contributed by atoms with Crippen molar-refractivity contribution in [3.8, 4) is 5.75 Å². The van der Waals surface area contributed by atoms with Gasteiger partial charge in [-0.3, -0.25) is 4.79 Å². The second-order valence-electron chi connectivity index (χ2n) is 6.04. The van der Waals surface area contributed by atoms with E-state index in [1.165, 1.54) is 12.8 Å². The summed E-state index contributed by atoms with van der Waals surface area (Å²) in [5.41, 5.74) is 1.92. The van der Waals surface area contributed by atoms with E-state index in [1.807, 2.05) is 23.1 Å². The van der Waals surface area contributed by atoms with Gasteiger partial charge >= 0.3 is 0 Å². The summed E-state index contributed by atoms with van der Waals surface area (Å²) in [6.45, 7) is 1.17. The van der Waals surface area contributed by atoms with Crippen molar-refractivity contribution in [2.45, 2.75) is 44.9 Å². The number of amides is 1. The van der Waals surface area contributed by atoms with Crippen molar-refractivity contribution in [2.24, 2.45) is 0 Å². The number of halogens is 1. The van der Waals surface area contributed by atoms with Crippen LogP contribution in [0.3, 0.4) is 0 Å². The fourth-order valence-corrected chi connectivity index (χ4v) is 4.64. The molecule has 1 aliphatic heterocycles. The van der Waals surface area contributed by atoms with Gasteiger partial charge in [0.15, 0.2) is 0 Å². The minimum atomic E-state index is 0.183. The number of hydrogen-bond donors (Lipinski definition) is 0. The number of aromatic nitrogens is 1. The quantitative estimate of drug-likeness (QED) is 0.774. The lowest BCUT2D eigenvalue weighted by Crippen LogP contribution is -2.33. The second kappa shape index (κ2) is 6.24. The summed E-state index contributed by atoms with van der Waals surface area (Å²) in [5.74, 6) is 0.985. The molecule has 23 heavy (non-hydrogen) atoms. The van der Waals surface area contributed by atoms with Crippen LogP contribution in [0, 0.1) is 0 Å². The van der Waals surface area contributed by atoms with Crippen LogP contribution >= 0.6 is 27.3 Å². The van der Waals surface area contributed by atoms with Crippen molar-refractivity contribution in [2.75, 3.05) is 0 Å². The van der Waals surface area contributed by atoms with E-state index in [0.717, 1.165) is 45.1 Å². The molecule has 0 saturated heterocycles. The number of carbonyl (C=O) groups excluding carboxylic acids is 1. The van der Waals surface area contributed by atoms with E-state index in [-0.39, 0.29) is 5.91 Å². The number of rotatable bonds is 4. The maximum atomic E-state index is 12.5. The molecule has 120 valence electrons. The molecular weight excluding hydrogens is 376 g/mol. The molecule has 1 aliphatic carbocycles. The van der Waals surface area contributed by atoms with Crippen molar-refractivity contribution in [3.63, 3.8) is 0 Å². The molecule has 2 aliphatic rings. The van der Waals surface area contributed by atoms with Crippen LogP contribution in [0.5, 0.6) is 5.75 Å². The highest BCUT2D eigenvalue weighted by atomic mass is 79.9. The largest absolute Gasteiger partial charge is 0.486 e. The SMILES string of the molecule is O=C1c2ccc(OCc3ncc(Br)s3)cc2CN1C1CCCC1. The topological polar surface area (TPSA) is 42.4 Å². The zero-order chi connectivity index (χ0) is 15.8. The average molecular weight is 393 g/mol. The molecule has 0 unspecified atom stereocenters. The summed E-state index contributed by atoms with van der Waals surface area (Å²) in [7, 11) is 0. The Labute approximate surface area is 147 Å². The minimum absolute atomic E-state index is 0.183. The normalized spacial score (nSPS) is 17.8. The van der Waals surface area contributed by atoms with Gasteiger partial charge in [-0.05, 0) is 52.5 Å². The highest BCUT2D eigenvalue weighted by molar-refractivity contribution is 9.11. The van der Waals surface area contributed by atoms with Crippen LogP contribution in [0.15, 0.2) is 28.2 Å². The van der Waals surface area contributed by atoms with Gasteiger partial charge in [-0.1, -0.05) is 12.8 Å². The molecule has 1 aromatic carbocycles. The highest BCUT2D eigenvalue weighted by Gasteiger charge is 2.34. The van der Waals surface area contributed by atoms with Crippen LogP contribution < -0.4 is 4.74 Å². The van der Waals surface area contributed by atoms with Crippen LogP contribution in [0.4, 0.5) is 0 Å². The van der Waals surface area contributed by atoms with Crippen LogP contribution in [-0.2, 0) is 13.2 Å². The fourth-order valence-electron chi connectivity index (χ4n) is 3.42. The number of fused-ring (bicyclic) bond motifs is 1. The van der Waals surface area contributed by atoms with Gasteiger partial charge in [-0.25, -0.2) is 4.98 Å². The standard InChI is InChI=1S/C17H17BrN2O2S/c18-15-8-19-16(23-15)10-22-13-5-6-14-11(7-13)9-20(17(14)21)12-3-1-2-4-12/h5-8,12H,1-4,9-10H2. The molecule has 1 saturated carbocycles. The number of benzene rings is 1. The molecule has 4 rings (SSSR count). The first-order chi connectivity index (χ1) is 11.2. The Kier molecular flexibility index (Phi) is 4.11. The molecule has 1 amide bonds. The van der Waals surface area contributed by atoms with E-state index >= 15 is 0 Å². The summed E-state index contributed by atoms with van der Waals surface area (Å²) in [5, 5.41) is 0.932. The molecule has 1 fully saturated rings. The Morgan fingerprint density at radius 3 is 2.91 bits per heavy atom. The highest BCUT2D eigenvalue weighted by Crippen LogP contribution is 2.33. The Balaban J connectivity index is 1.47. The summed E-state index contributed by atoms with van der Waals surface area (Å²) in [6, 6.07) is 6.22. The minimum Gasteiger partial charge on any atom is -0.486 e. The van der Waals surface area contributed by atoms with Crippen LogP contribution in [0.1, 0.15) is 46.6 Å². The zero-order valence-corrected chi connectivity index (χ0v) is 15.0. The van der Waals surface area contributed by atoms with Gasteiger partial charge in [0.25, 0.3) is 5.91 Å². The first kappa shape index (κ1) is 15.1. The van der Waals surface area contributed by atoms with Gasteiger partial charge in [0, 0.05) is 18.2 Å². The fraction of sp³-hybridized carbons (Fsp3) is 0.412. The predicted molar refractivity (Wildman–Crippen MR) is 92.7 cm³/mol. The van der Waals surface area contributed by atoms with E-state index in [9.17, 15) is 4.79 Å². The van der Waals surface area contributed by atoms with Crippen LogP contribution in [0.2, 0.25) is 0 Å². The summed E-state index contributed by atoms with van der Waals surface area (Å²) < 4.78 is 6.83. The van der Waals surface area contributed by atoms with Gasteiger partial charge in [-0.2, -0.15) is 0 Å². The Bertz CT molecular complexity index is 740. The van der Waals surface area contributed by atoms with Crippen LogP contribution in [0.25, 0.3) is 0 Å². The summed E-state index contributed by atoms with van der Waals surface area (Å²) >= 11 is 4.97. The second-order valence-corrected chi connectivity index (χ2v) is 8.53. The van der Waals surface area contributed by atoms with E-state index in [2.05, 4.69) is 20.9 Å². The number of carbonyl (C=O) groups is 1. The molecule has 4 nitrogen and oxygen atoms in total. The van der Waals surface area contributed by atoms with Crippen molar-refractivity contribution in [1.82, 2.24) is 9.88 Å². The smallest absolute Gasteiger partial charge is 0.254 e. The molecular formula is C17H17BrN2O2S. The maximum Gasteiger partial charge on any atom is 0.254 e. The molecule has 1 aromatic heterocycles. The average Bonchev–Trinajstić information content (AvgIpc) is 3.26. The van der Waals surface area contributed by atoms with Crippen molar-refractivity contribution < 1.29 is 9.53 Å². The lowest BCUT2D eigenvalue weighted by atomic mass is 10.1. The van der Waals surface area contributed by atoms with Crippen molar-refractivity contribution in [1.29, 1.82) is 0 Å². The molecule has 6 heteroatoms. The van der Waals surface area contributed by atoms with Crippen molar-refractivity contribution >= 4 is 33.2 Å². The molecule has 0 radical (unpaired) electrons. The van der Waals surface area contributed by atoms with E-state index in [0.29, 0.717) is 12.6 Å². The van der Waals surface area contributed by atoms with E-state index < -0.39 is 0 Å². The molecule has 0 atom stereocenters. The lowest BCUT2D eigenvalue weighted by Gasteiger charge is -2.23. The first-order valence-corrected chi connectivity index (χ1v) is 9.48. The number of nitrogens with zero attached hydrogens (tertiary/aromatic N) is 2. The van der Waals surface area contributed by atoms with Crippen molar-refractivity contribution in [3.05, 3.63) is 44.3 Å². The third-order valence-electron chi connectivity index (χ3n) is 4.56. The third-order valence-corrected chi connectivity index (χ3v) is 6.01. The molecule has 0 spiro atoms. The van der Waals surface area contributed by atoms with Gasteiger partial charge in [0.05, 0.1) is 9.98 Å². The van der Waals surface area contributed by atoms with Gasteiger partial charge < -0.3 is 9.64 Å². The van der Waals surface area contributed by atoms with E-state index in [4.69, 9.17) is 4.74 Å². The predicted octanol–water partition coefficient (Wildman–Crippen LogP) is 4.38. The Hall–Kier alpha value is -1.40. The molecule has 2 aromatic rings. The Morgan fingerprint density at radius 2 is 2.17 bits per heavy atom. The third kappa shape index (κ3) is 3.02. The molecule has 2 heterocycles. The number of hydrogen-bond acceptors (Lipinski definition) is 4. The summed E-state index contributed by atoms with van der Waals surface area (Å²) in [4.78, 5) is 18.9. The monoisotopic (exact) mass is 392 g/mol. The molecule has 0 N–H and O–H groups in total. The summed E-state index contributed by atoms with van der Waals surface area (Å²) in [6.07, 6.45) is 6.54. The zero-order valence-electron chi connectivity index (χ0n) is 12.6. The number of ether oxygens (including phenoxy) is 1. The van der Waals surface area contributed by atoms with Gasteiger partial charge in [-0.15, -0.1) is 11.3 Å². The maximum absolute atomic E-state index is 12.5. The van der Waals surface area contributed by atoms with E-state index in [1.54, 1.807) is 17.5 Å². The Morgan fingerprint density at radius 1 is 1.35 bits per heavy atom.